The van der Waals surface area contributed by atoms with Crippen molar-refractivity contribution in [3.8, 4) is 0 Å². The van der Waals surface area contributed by atoms with Gasteiger partial charge in [-0.3, -0.25) is 10.2 Å². The Balaban J connectivity index is 2.53. The van der Waals surface area contributed by atoms with Crippen LogP contribution in [0.25, 0.3) is 0 Å². The van der Waals surface area contributed by atoms with Gasteiger partial charge in [-0.1, -0.05) is 24.8 Å². The van der Waals surface area contributed by atoms with Gasteiger partial charge in [0.05, 0.1) is 11.4 Å². The minimum atomic E-state index is -3.65. The lowest BCUT2D eigenvalue weighted by molar-refractivity contribution is -0.120. The first-order chi connectivity index (χ1) is 8.42. The standard InChI is InChI=1S/C11H15N3O3S/c1-9(2)13-14-11(15)8-12-18(16,17)10-6-4-3-5-7-10/h3-7,12-13H,1,8H2,2H3,(H,14,15). The number of amides is 1. The lowest BCUT2D eigenvalue weighted by atomic mass is 10.4. The van der Waals surface area contributed by atoms with Crippen molar-refractivity contribution < 1.29 is 13.2 Å². The molecule has 0 unspecified atom stereocenters. The van der Waals surface area contributed by atoms with E-state index in [0.717, 1.165) is 0 Å². The van der Waals surface area contributed by atoms with Crippen molar-refractivity contribution in [3.63, 3.8) is 0 Å². The van der Waals surface area contributed by atoms with Gasteiger partial charge in [0.15, 0.2) is 0 Å². The molecule has 0 atom stereocenters. The first-order valence-electron chi connectivity index (χ1n) is 5.17. The van der Waals surface area contributed by atoms with Gasteiger partial charge in [0.1, 0.15) is 0 Å². The quantitative estimate of drug-likeness (QED) is 0.640. The lowest BCUT2D eigenvalue weighted by Gasteiger charge is -2.09. The first-order valence-corrected chi connectivity index (χ1v) is 6.65. The van der Waals surface area contributed by atoms with Crippen molar-refractivity contribution in [2.75, 3.05) is 6.54 Å². The topological polar surface area (TPSA) is 87.3 Å². The van der Waals surface area contributed by atoms with E-state index < -0.39 is 15.9 Å². The van der Waals surface area contributed by atoms with Crippen LogP contribution in [0, 0.1) is 0 Å². The number of carbonyl (C=O) groups is 1. The van der Waals surface area contributed by atoms with Crippen LogP contribution >= 0.6 is 0 Å². The maximum Gasteiger partial charge on any atom is 0.253 e. The molecule has 0 heterocycles. The highest BCUT2D eigenvalue weighted by molar-refractivity contribution is 7.89. The van der Waals surface area contributed by atoms with E-state index in [1.807, 2.05) is 0 Å². The summed E-state index contributed by atoms with van der Waals surface area (Å²) in [6.07, 6.45) is 0. The van der Waals surface area contributed by atoms with Gasteiger partial charge in [-0.15, -0.1) is 0 Å². The van der Waals surface area contributed by atoms with Crippen LogP contribution in [0.3, 0.4) is 0 Å². The molecule has 0 aliphatic carbocycles. The molecule has 0 spiro atoms. The molecule has 0 saturated heterocycles. The number of allylic oxidation sites excluding steroid dienone is 1. The molecule has 6 nitrogen and oxygen atoms in total. The molecule has 1 aromatic carbocycles. The maximum absolute atomic E-state index is 11.7. The Hall–Kier alpha value is -1.86. The highest BCUT2D eigenvalue weighted by atomic mass is 32.2. The molecular formula is C11H15N3O3S. The number of hydrogen-bond donors (Lipinski definition) is 3. The summed E-state index contributed by atoms with van der Waals surface area (Å²) in [5, 5.41) is 0. The van der Waals surface area contributed by atoms with E-state index in [1.165, 1.54) is 12.1 Å². The summed E-state index contributed by atoms with van der Waals surface area (Å²) in [5.41, 5.74) is 5.33. The number of hydrazine groups is 1. The summed E-state index contributed by atoms with van der Waals surface area (Å²) in [5.74, 6) is -0.502. The van der Waals surface area contributed by atoms with Crippen LogP contribution in [-0.4, -0.2) is 20.9 Å². The van der Waals surface area contributed by atoms with Gasteiger partial charge in [-0.25, -0.2) is 13.1 Å². The Labute approximate surface area is 106 Å². The average molecular weight is 269 g/mol. The molecule has 1 aromatic rings. The third-order valence-corrected chi connectivity index (χ3v) is 3.31. The fraction of sp³-hybridized carbons (Fsp3) is 0.182. The van der Waals surface area contributed by atoms with E-state index in [1.54, 1.807) is 25.1 Å². The van der Waals surface area contributed by atoms with Crippen molar-refractivity contribution in [2.24, 2.45) is 0 Å². The molecule has 98 valence electrons. The first kappa shape index (κ1) is 14.2. The number of carbonyl (C=O) groups excluding carboxylic acids is 1. The van der Waals surface area contributed by atoms with Crippen LogP contribution in [0.15, 0.2) is 47.5 Å². The van der Waals surface area contributed by atoms with Crippen LogP contribution in [0.4, 0.5) is 0 Å². The van der Waals surface area contributed by atoms with Crippen LogP contribution in [-0.2, 0) is 14.8 Å². The largest absolute Gasteiger partial charge is 0.304 e. The number of benzene rings is 1. The zero-order valence-corrected chi connectivity index (χ0v) is 10.8. The van der Waals surface area contributed by atoms with E-state index in [-0.39, 0.29) is 11.4 Å². The Kier molecular flexibility index (Phi) is 4.87. The molecule has 1 rings (SSSR count). The summed E-state index contributed by atoms with van der Waals surface area (Å²) >= 11 is 0. The van der Waals surface area contributed by atoms with E-state index in [2.05, 4.69) is 22.2 Å². The summed E-state index contributed by atoms with van der Waals surface area (Å²) in [6, 6.07) is 7.83. The Morgan fingerprint density at radius 3 is 2.39 bits per heavy atom. The van der Waals surface area contributed by atoms with Gasteiger partial charge in [-0.05, 0) is 19.1 Å². The second kappa shape index (κ2) is 6.18. The SMILES string of the molecule is C=C(C)NNC(=O)CNS(=O)(=O)c1ccccc1. The van der Waals surface area contributed by atoms with Gasteiger partial charge in [0, 0.05) is 5.70 Å². The van der Waals surface area contributed by atoms with Crippen LogP contribution < -0.4 is 15.6 Å². The molecule has 0 aliphatic rings. The molecule has 1 amide bonds. The van der Waals surface area contributed by atoms with Crippen molar-refractivity contribution in [2.45, 2.75) is 11.8 Å². The lowest BCUT2D eigenvalue weighted by Crippen LogP contribution is -2.42. The van der Waals surface area contributed by atoms with E-state index >= 15 is 0 Å². The Morgan fingerprint density at radius 2 is 1.83 bits per heavy atom. The number of sulfonamides is 1. The fourth-order valence-corrected chi connectivity index (χ4v) is 2.07. The molecule has 3 N–H and O–H groups in total. The van der Waals surface area contributed by atoms with Crippen molar-refractivity contribution in [1.82, 2.24) is 15.6 Å². The monoisotopic (exact) mass is 269 g/mol. The normalized spacial score (nSPS) is 10.7. The third-order valence-electron chi connectivity index (χ3n) is 1.89. The van der Waals surface area contributed by atoms with Gasteiger partial charge >= 0.3 is 0 Å². The van der Waals surface area contributed by atoms with Gasteiger partial charge in [-0.2, -0.15) is 0 Å². The number of hydrogen-bond acceptors (Lipinski definition) is 4. The minimum Gasteiger partial charge on any atom is -0.304 e. The van der Waals surface area contributed by atoms with Crippen LogP contribution in [0.1, 0.15) is 6.92 Å². The molecular weight excluding hydrogens is 254 g/mol. The van der Waals surface area contributed by atoms with Crippen molar-refractivity contribution in [1.29, 1.82) is 0 Å². The highest BCUT2D eigenvalue weighted by Crippen LogP contribution is 2.06. The predicted octanol–water partition coefficient (Wildman–Crippen LogP) is 0.119. The second-order valence-corrected chi connectivity index (χ2v) is 5.36. The predicted molar refractivity (Wildman–Crippen MR) is 67.7 cm³/mol. The average Bonchev–Trinajstić information content (AvgIpc) is 2.35. The highest BCUT2D eigenvalue weighted by Gasteiger charge is 2.14. The van der Waals surface area contributed by atoms with Crippen LogP contribution in [0.2, 0.25) is 0 Å². The summed E-state index contributed by atoms with van der Waals surface area (Å²) < 4.78 is 25.7. The van der Waals surface area contributed by atoms with E-state index in [0.29, 0.717) is 5.70 Å². The number of rotatable bonds is 6. The molecule has 0 fully saturated rings. The Morgan fingerprint density at radius 1 is 1.22 bits per heavy atom. The molecule has 0 radical (unpaired) electrons. The minimum absolute atomic E-state index is 0.116. The molecule has 0 saturated carbocycles. The molecule has 0 aliphatic heterocycles. The van der Waals surface area contributed by atoms with Gasteiger partial charge < -0.3 is 5.43 Å². The molecule has 0 aromatic heterocycles. The van der Waals surface area contributed by atoms with Gasteiger partial charge in [0.25, 0.3) is 5.91 Å². The van der Waals surface area contributed by atoms with Crippen molar-refractivity contribution >= 4 is 15.9 Å². The third kappa shape index (κ3) is 4.56. The zero-order chi connectivity index (χ0) is 13.6. The summed E-state index contributed by atoms with van der Waals surface area (Å²) in [6.45, 7) is 4.83. The summed E-state index contributed by atoms with van der Waals surface area (Å²) in [4.78, 5) is 11.4. The molecule has 7 heteroatoms. The molecule has 18 heavy (non-hydrogen) atoms. The zero-order valence-electron chi connectivity index (χ0n) is 9.93. The van der Waals surface area contributed by atoms with Gasteiger partial charge in [0.2, 0.25) is 10.0 Å². The van der Waals surface area contributed by atoms with E-state index in [9.17, 15) is 13.2 Å². The number of nitrogens with one attached hydrogen (secondary N) is 3. The fourth-order valence-electron chi connectivity index (χ4n) is 1.06. The van der Waals surface area contributed by atoms with Crippen LogP contribution in [0.5, 0.6) is 0 Å². The molecule has 0 bridgehead atoms. The maximum atomic E-state index is 11.7. The Bertz CT molecular complexity index is 526. The smallest absolute Gasteiger partial charge is 0.253 e. The van der Waals surface area contributed by atoms with Crippen molar-refractivity contribution in [3.05, 3.63) is 42.6 Å². The second-order valence-electron chi connectivity index (χ2n) is 3.59. The summed E-state index contributed by atoms with van der Waals surface area (Å²) in [7, 11) is -3.65. The van der Waals surface area contributed by atoms with E-state index in [4.69, 9.17) is 0 Å².